The maximum atomic E-state index is 13.1. The van der Waals surface area contributed by atoms with Gasteiger partial charge in [0.05, 0.1) is 18.8 Å². The molecule has 112 valence electrons. The Morgan fingerprint density at radius 1 is 1.48 bits per heavy atom. The molecule has 0 bridgehead atoms. The fraction of sp³-hybridized carbons (Fsp3) is 0.400. The van der Waals surface area contributed by atoms with E-state index in [0.717, 1.165) is 10.9 Å². The highest BCUT2D eigenvalue weighted by Gasteiger charge is 2.25. The predicted octanol–water partition coefficient (Wildman–Crippen LogP) is 0.811. The third-order valence-corrected chi connectivity index (χ3v) is 3.83. The van der Waals surface area contributed by atoms with E-state index in [1.807, 2.05) is 0 Å². The van der Waals surface area contributed by atoms with Gasteiger partial charge in [0.15, 0.2) is 0 Å². The lowest BCUT2D eigenvalue weighted by atomic mass is 10.1. The quantitative estimate of drug-likeness (QED) is 0.779. The van der Waals surface area contributed by atoms with Gasteiger partial charge in [-0.3, -0.25) is 4.79 Å². The van der Waals surface area contributed by atoms with Crippen LogP contribution in [0.5, 0.6) is 0 Å². The maximum Gasteiger partial charge on any atom is 0.224 e. The van der Waals surface area contributed by atoms with E-state index in [9.17, 15) is 14.3 Å². The molecule has 0 radical (unpaired) electrons. The van der Waals surface area contributed by atoms with Crippen LogP contribution in [-0.4, -0.2) is 36.8 Å². The van der Waals surface area contributed by atoms with Crippen LogP contribution in [-0.2, 0) is 11.2 Å². The zero-order valence-electron chi connectivity index (χ0n) is 11.4. The molecule has 1 fully saturated rings. The van der Waals surface area contributed by atoms with Gasteiger partial charge in [-0.05, 0) is 12.1 Å². The number of nitrogens with one attached hydrogen (secondary N) is 2. The molecule has 1 aliphatic rings. The first-order valence-electron chi connectivity index (χ1n) is 6.94. The third kappa shape index (κ3) is 3.06. The van der Waals surface area contributed by atoms with Crippen molar-refractivity contribution in [3.63, 3.8) is 0 Å². The molecule has 3 N–H and O–H groups in total. The van der Waals surface area contributed by atoms with Crippen LogP contribution in [0.15, 0.2) is 28.9 Å². The van der Waals surface area contributed by atoms with E-state index in [0.29, 0.717) is 25.2 Å². The number of β-amino-alcohol motifs (C(OH)–C–C–N with tert-alkyl or cyclic N) is 1. The standard InChI is InChI=1S/C15H17FN2O3/c16-11-1-2-12-9(8-21-14(12)4-11)3-15(20)18-6-10-5-17-7-13(10)19/h1-2,4,8,10,13,17,19H,3,5-7H2,(H,18,20). The zero-order chi connectivity index (χ0) is 14.8. The Labute approximate surface area is 121 Å². The van der Waals surface area contributed by atoms with Gasteiger partial charge in [-0.2, -0.15) is 0 Å². The number of hydrogen-bond acceptors (Lipinski definition) is 4. The van der Waals surface area contributed by atoms with Crippen LogP contribution < -0.4 is 10.6 Å². The zero-order valence-corrected chi connectivity index (χ0v) is 11.4. The molecule has 1 aliphatic heterocycles. The van der Waals surface area contributed by atoms with Gasteiger partial charge in [-0.15, -0.1) is 0 Å². The molecule has 3 rings (SSSR count). The van der Waals surface area contributed by atoms with Gasteiger partial charge in [-0.25, -0.2) is 4.39 Å². The monoisotopic (exact) mass is 292 g/mol. The summed E-state index contributed by atoms with van der Waals surface area (Å²) in [5, 5.41) is 16.3. The Balaban J connectivity index is 1.61. The van der Waals surface area contributed by atoms with E-state index in [4.69, 9.17) is 4.42 Å². The lowest BCUT2D eigenvalue weighted by Gasteiger charge is -2.13. The van der Waals surface area contributed by atoms with Gasteiger partial charge >= 0.3 is 0 Å². The maximum absolute atomic E-state index is 13.1. The molecule has 0 aliphatic carbocycles. The summed E-state index contributed by atoms with van der Waals surface area (Å²) in [6, 6.07) is 4.26. The number of carbonyl (C=O) groups excluding carboxylic acids is 1. The van der Waals surface area contributed by atoms with Crippen molar-refractivity contribution in [3.8, 4) is 0 Å². The molecule has 2 atom stereocenters. The lowest BCUT2D eigenvalue weighted by molar-refractivity contribution is -0.120. The minimum absolute atomic E-state index is 0.0455. The fourth-order valence-corrected chi connectivity index (χ4v) is 2.60. The summed E-state index contributed by atoms with van der Waals surface area (Å²) in [6.45, 7) is 1.71. The van der Waals surface area contributed by atoms with Crippen LogP contribution in [0.25, 0.3) is 11.0 Å². The first kappa shape index (κ1) is 14.0. The SMILES string of the molecule is O=C(Cc1coc2cc(F)ccc12)NCC1CNCC1O. The predicted molar refractivity (Wildman–Crippen MR) is 75.3 cm³/mol. The summed E-state index contributed by atoms with van der Waals surface area (Å²) in [6.07, 6.45) is 1.24. The minimum Gasteiger partial charge on any atom is -0.464 e. The Kier molecular flexibility index (Phi) is 3.90. The minimum atomic E-state index is -0.414. The van der Waals surface area contributed by atoms with Crippen molar-refractivity contribution >= 4 is 16.9 Å². The van der Waals surface area contributed by atoms with Crippen molar-refractivity contribution in [2.24, 2.45) is 5.92 Å². The van der Waals surface area contributed by atoms with Crippen molar-refractivity contribution in [2.75, 3.05) is 19.6 Å². The topological polar surface area (TPSA) is 74.5 Å². The summed E-state index contributed by atoms with van der Waals surface area (Å²) in [5.41, 5.74) is 1.17. The normalized spacial score (nSPS) is 21.8. The lowest BCUT2D eigenvalue weighted by Crippen LogP contribution is -2.35. The Bertz CT molecular complexity index is 655. The van der Waals surface area contributed by atoms with Crippen molar-refractivity contribution in [2.45, 2.75) is 12.5 Å². The number of rotatable bonds is 4. The number of halogens is 1. The average Bonchev–Trinajstić information content (AvgIpc) is 3.03. The first-order chi connectivity index (χ1) is 10.1. The second-order valence-corrected chi connectivity index (χ2v) is 5.37. The molecule has 21 heavy (non-hydrogen) atoms. The van der Waals surface area contributed by atoms with Crippen LogP contribution in [0.3, 0.4) is 0 Å². The Hall–Kier alpha value is -1.92. The largest absolute Gasteiger partial charge is 0.464 e. The van der Waals surface area contributed by atoms with E-state index in [1.165, 1.54) is 18.4 Å². The number of furan rings is 1. The van der Waals surface area contributed by atoms with Gasteiger partial charge in [0.25, 0.3) is 0 Å². The summed E-state index contributed by atoms with van der Waals surface area (Å²) in [4.78, 5) is 12.0. The molecule has 0 spiro atoms. The van der Waals surface area contributed by atoms with E-state index < -0.39 is 6.10 Å². The fourth-order valence-electron chi connectivity index (χ4n) is 2.60. The van der Waals surface area contributed by atoms with E-state index >= 15 is 0 Å². The van der Waals surface area contributed by atoms with E-state index in [-0.39, 0.29) is 24.1 Å². The van der Waals surface area contributed by atoms with Crippen molar-refractivity contribution in [3.05, 3.63) is 35.8 Å². The molecule has 2 unspecified atom stereocenters. The summed E-state index contributed by atoms with van der Waals surface area (Å²) < 4.78 is 18.3. The number of hydrogen-bond donors (Lipinski definition) is 3. The molecule has 0 saturated carbocycles. The highest BCUT2D eigenvalue weighted by atomic mass is 19.1. The first-order valence-corrected chi connectivity index (χ1v) is 6.94. The molecule has 1 amide bonds. The molecular weight excluding hydrogens is 275 g/mol. The smallest absolute Gasteiger partial charge is 0.224 e. The highest BCUT2D eigenvalue weighted by molar-refractivity contribution is 5.87. The second kappa shape index (κ2) is 5.83. The van der Waals surface area contributed by atoms with Crippen molar-refractivity contribution in [1.82, 2.24) is 10.6 Å². The number of aliphatic hydroxyl groups is 1. The molecule has 1 aromatic heterocycles. The second-order valence-electron chi connectivity index (χ2n) is 5.37. The van der Waals surface area contributed by atoms with Gasteiger partial charge in [0.1, 0.15) is 11.4 Å². The molecule has 6 heteroatoms. The number of fused-ring (bicyclic) bond motifs is 1. The van der Waals surface area contributed by atoms with Gasteiger partial charge < -0.3 is 20.2 Å². The van der Waals surface area contributed by atoms with E-state index in [1.54, 1.807) is 6.07 Å². The van der Waals surface area contributed by atoms with Crippen LogP contribution in [0, 0.1) is 11.7 Å². The van der Waals surface area contributed by atoms with Crippen LogP contribution >= 0.6 is 0 Å². The van der Waals surface area contributed by atoms with Gasteiger partial charge in [0.2, 0.25) is 5.91 Å². The van der Waals surface area contributed by atoms with Crippen LogP contribution in [0.2, 0.25) is 0 Å². The molecule has 2 aromatic rings. The summed E-state index contributed by atoms with van der Waals surface area (Å²) in [5.74, 6) is -0.458. The van der Waals surface area contributed by atoms with Gasteiger partial charge in [-0.1, -0.05) is 0 Å². The highest BCUT2D eigenvalue weighted by Crippen LogP contribution is 2.22. The molecule has 5 nitrogen and oxygen atoms in total. The van der Waals surface area contributed by atoms with Crippen molar-refractivity contribution < 1.29 is 18.7 Å². The molecule has 1 aromatic carbocycles. The van der Waals surface area contributed by atoms with Crippen LogP contribution in [0.4, 0.5) is 4.39 Å². The van der Waals surface area contributed by atoms with Gasteiger partial charge in [0, 0.05) is 42.6 Å². The van der Waals surface area contributed by atoms with E-state index in [2.05, 4.69) is 10.6 Å². The molecular formula is C15H17FN2O3. The van der Waals surface area contributed by atoms with Crippen molar-refractivity contribution in [1.29, 1.82) is 0 Å². The van der Waals surface area contributed by atoms with Crippen LogP contribution in [0.1, 0.15) is 5.56 Å². The molecule has 2 heterocycles. The Morgan fingerprint density at radius 3 is 3.10 bits per heavy atom. The summed E-state index contributed by atoms with van der Waals surface area (Å²) in [7, 11) is 0. The third-order valence-electron chi connectivity index (χ3n) is 3.83. The summed E-state index contributed by atoms with van der Waals surface area (Å²) >= 11 is 0. The number of amides is 1. The average molecular weight is 292 g/mol. The molecule has 1 saturated heterocycles. The number of aliphatic hydroxyl groups excluding tert-OH is 1. The Morgan fingerprint density at radius 2 is 2.33 bits per heavy atom. The number of carbonyl (C=O) groups is 1. The number of benzene rings is 1.